The van der Waals surface area contributed by atoms with Gasteiger partial charge in [-0.2, -0.15) is 0 Å². The summed E-state index contributed by atoms with van der Waals surface area (Å²) >= 11 is 0. The van der Waals surface area contributed by atoms with Gasteiger partial charge in [0.25, 0.3) is 0 Å². The van der Waals surface area contributed by atoms with Gasteiger partial charge in [0.1, 0.15) is 6.61 Å². The van der Waals surface area contributed by atoms with Crippen LogP contribution >= 0.6 is 0 Å². The van der Waals surface area contributed by atoms with Crippen LogP contribution in [0.15, 0.2) is 24.3 Å². The summed E-state index contributed by atoms with van der Waals surface area (Å²) in [5.74, 6) is -0.0623. The first kappa shape index (κ1) is 12.7. The van der Waals surface area contributed by atoms with Gasteiger partial charge in [0.05, 0.1) is 0 Å². The molecule has 0 aliphatic heterocycles. The monoisotopic (exact) mass is 221 g/mol. The molecule has 0 radical (unpaired) electrons. The van der Waals surface area contributed by atoms with Crippen molar-refractivity contribution < 1.29 is 9.53 Å². The molecule has 0 aliphatic carbocycles. The van der Waals surface area contributed by atoms with Crippen LogP contribution in [0.5, 0.6) is 0 Å². The van der Waals surface area contributed by atoms with Crippen LogP contribution in [0.25, 0.3) is 0 Å². The highest BCUT2D eigenvalue weighted by atomic mass is 16.5. The van der Waals surface area contributed by atoms with Crippen molar-refractivity contribution in [1.29, 1.82) is 0 Å². The van der Waals surface area contributed by atoms with Crippen LogP contribution < -0.4 is 5.32 Å². The molecule has 16 heavy (non-hydrogen) atoms. The van der Waals surface area contributed by atoms with E-state index in [9.17, 15) is 4.79 Å². The number of aryl methyl sites for hydroxylation is 1. The van der Waals surface area contributed by atoms with Crippen LogP contribution in [-0.2, 0) is 22.4 Å². The lowest BCUT2D eigenvalue weighted by atomic mass is 10.1. The molecule has 3 heteroatoms. The fourth-order valence-electron chi connectivity index (χ4n) is 1.47. The molecule has 0 atom stereocenters. The van der Waals surface area contributed by atoms with Gasteiger partial charge in [-0.15, -0.1) is 0 Å². The zero-order chi connectivity index (χ0) is 11.8. The molecule has 0 aliphatic rings. The lowest BCUT2D eigenvalue weighted by molar-refractivity contribution is -0.124. The van der Waals surface area contributed by atoms with E-state index in [2.05, 4.69) is 36.5 Å². The van der Waals surface area contributed by atoms with Crippen LogP contribution in [0.1, 0.15) is 18.1 Å². The van der Waals surface area contributed by atoms with E-state index in [1.54, 1.807) is 0 Å². The quantitative estimate of drug-likeness (QED) is 0.791. The van der Waals surface area contributed by atoms with Gasteiger partial charge in [0, 0.05) is 13.7 Å². The number of carbonyl (C=O) groups excluding carboxylic acids is 1. The minimum atomic E-state index is -0.0623. The Morgan fingerprint density at radius 1 is 1.25 bits per heavy atom. The number of rotatable bonds is 6. The summed E-state index contributed by atoms with van der Waals surface area (Å²) in [6.07, 6.45) is 1.92. The molecule has 0 bridgehead atoms. The third kappa shape index (κ3) is 4.45. The van der Waals surface area contributed by atoms with Crippen molar-refractivity contribution >= 4 is 5.91 Å². The lowest BCUT2D eigenvalue weighted by Gasteiger charge is -2.05. The summed E-state index contributed by atoms with van der Waals surface area (Å²) in [5, 5.41) is 2.80. The molecule has 1 aromatic carbocycles. The third-order valence-electron chi connectivity index (χ3n) is 2.44. The van der Waals surface area contributed by atoms with Crippen molar-refractivity contribution in [3.8, 4) is 0 Å². The zero-order valence-corrected chi connectivity index (χ0v) is 9.95. The fourth-order valence-corrected chi connectivity index (χ4v) is 1.47. The molecule has 88 valence electrons. The van der Waals surface area contributed by atoms with Crippen LogP contribution in [0.3, 0.4) is 0 Å². The molecule has 1 N–H and O–H groups in total. The number of hydrogen-bond acceptors (Lipinski definition) is 2. The molecule has 0 fully saturated rings. The maximum absolute atomic E-state index is 11.1. The second-order valence-electron chi connectivity index (χ2n) is 3.70. The Morgan fingerprint density at radius 2 is 1.88 bits per heavy atom. The molecular weight excluding hydrogens is 202 g/mol. The first-order valence-electron chi connectivity index (χ1n) is 5.59. The SMILES string of the molecule is CCc1ccc(CCNC(=O)COC)cc1. The number of ether oxygens (including phenoxy) is 1. The second-order valence-corrected chi connectivity index (χ2v) is 3.70. The van der Waals surface area contributed by atoms with Gasteiger partial charge in [-0.1, -0.05) is 31.2 Å². The average Bonchev–Trinajstić information content (AvgIpc) is 2.30. The van der Waals surface area contributed by atoms with Gasteiger partial charge >= 0.3 is 0 Å². The van der Waals surface area contributed by atoms with Crippen LogP contribution in [0.4, 0.5) is 0 Å². The van der Waals surface area contributed by atoms with Gasteiger partial charge in [0.2, 0.25) is 5.91 Å². The number of amides is 1. The highest BCUT2D eigenvalue weighted by Gasteiger charge is 1.99. The number of nitrogens with one attached hydrogen (secondary N) is 1. The van der Waals surface area contributed by atoms with Gasteiger partial charge in [0.15, 0.2) is 0 Å². The molecular formula is C13H19NO2. The minimum Gasteiger partial charge on any atom is -0.375 e. The van der Waals surface area contributed by atoms with E-state index in [1.165, 1.54) is 18.2 Å². The number of benzene rings is 1. The Hall–Kier alpha value is -1.35. The Kier molecular flexibility index (Phi) is 5.57. The molecule has 0 spiro atoms. The first-order valence-corrected chi connectivity index (χ1v) is 5.59. The van der Waals surface area contributed by atoms with Gasteiger partial charge < -0.3 is 10.1 Å². The Labute approximate surface area is 96.8 Å². The van der Waals surface area contributed by atoms with Crippen molar-refractivity contribution in [2.75, 3.05) is 20.3 Å². The predicted molar refractivity (Wildman–Crippen MR) is 64.4 cm³/mol. The summed E-state index contributed by atoms with van der Waals surface area (Å²) in [6.45, 7) is 2.93. The highest BCUT2D eigenvalue weighted by Crippen LogP contribution is 2.05. The molecule has 1 aromatic rings. The summed E-state index contributed by atoms with van der Waals surface area (Å²) in [5.41, 5.74) is 2.59. The number of hydrogen-bond donors (Lipinski definition) is 1. The van der Waals surface area contributed by atoms with Crippen molar-refractivity contribution in [3.63, 3.8) is 0 Å². The maximum Gasteiger partial charge on any atom is 0.245 e. The molecule has 0 heterocycles. The van der Waals surface area contributed by atoms with E-state index >= 15 is 0 Å². The van der Waals surface area contributed by atoms with Crippen molar-refractivity contribution in [3.05, 3.63) is 35.4 Å². The van der Waals surface area contributed by atoms with E-state index in [0.717, 1.165) is 12.8 Å². The maximum atomic E-state index is 11.1. The fraction of sp³-hybridized carbons (Fsp3) is 0.462. The average molecular weight is 221 g/mol. The lowest BCUT2D eigenvalue weighted by Crippen LogP contribution is -2.28. The predicted octanol–water partition coefficient (Wildman–Crippen LogP) is 1.55. The highest BCUT2D eigenvalue weighted by molar-refractivity contribution is 5.77. The minimum absolute atomic E-state index is 0.0623. The van der Waals surface area contributed by atoms with Crippen molar-refractivity contribution in [2.24, 2.45) is 0 Å². The Morgan fingerprint density at radius 3 is 2.44 bits per heavy atom. The van der Waals surface area contributed by atoms with E-state index in [1.807, 2.05) is 0 Å². The van der Waals surface area contributed by atoms with Gasteiger partial charge in [-0.3, -0.25) is 4.79 Å². The Balaban J connectivity index is 2.29. The molecule has 1 amide bonds. The van der Waals surface area contributed by atoms with Crippen molar-refractivity contribution in [1.82, 2.24) is 5.32 Å². The van der Waals surface area contributed by atoms with Crippen LogP contribution in [0, 0.1) is 0 Å². The number of carbonyl (C=O) groups is 1. The van der Waals surface area contributed by atoms with E-state index in [4.69, 9.17) is 4.74 Å². The standard InChI is InChI=1S/C13H19NO2/c1-3-11-4-6-12(7-5-11)8-9-14-13(15)10-16-2/h4-7H,3,8-10H2,1-2H3,(H,14,15). The zero-order valence-electron chi connectivity index (χ0n) is 9.95. The smallest absolute Gasteiger partial charge is 0.245 e. The van der Waals surface area contributed by atoms with Crippen molar-refractivity contribution in [2.45, 2.75) is 19.8 Å². The Bertz CT molecular complexity index is 319. The normalized spacial score (nSPS) is 10.1. The topological polar surface area (TPSA) is 38.3 Å². The van der Waals surface area contributed by atoms with E-state index in [-0.39, 0.29) is 12.5 Å². The molecule has 0 saturated heterocycles. The molecule has 0 saturated carbocycles. The molecule has 0 aromatic heterocycles. The summed E-state index contributed by atoms with van der Waals surface area (Å²) in [6, 6.07) is 8.49. The summed E-state index contributed by atoms with van der Waals surface area (Å²) < 4.78 is 4.72. The van der Waals surface area contributed by atoms with Gasteiger partial charge in [-0.25, -0.2) is 0 Å². The number of methoxy groups -OCH3 is 1. The van der Waals surface area contributed by atoms with Gasteiger partial charge in [-0.05, 0) is 24.0 Å². The van der Waals surface area contributed by atoms with E-state index < -0.39 is 0 Å². The first-order chi connectivity index (χ1) is 7.76. The molecule has 0 unspecified atom stereocenters. The van der Waals surface area contributed by atoms with Crippen LogP contribution in [0.2, 0.25) is 0 Å². The largest absolute Gasteiger partial charge is 0.375 e. The second kappa shape index (κ2) is 7.01. The third-order valence-corrected chi connectivity index (χ3v) is 2.44. The van der Waals surface area contributed by atoms with E-state index in [0.29, 0.717) is 6.54 Å². The summed E-state index contributed by atoms with van der Waals surface area (Å²) in [4.78, 5) is 11.1. The molecule has 1 rings (SSSR count). The van der Waals surface area contributed by atoms with Crippen LogP contribution in [-0.4, -0.2) is 26.2 Å². The molecule has 3 nitrogen and oxygen atoms in total. The summed E-state index contributed by atoms with van der Waals surface area (Å²) in [7, 11) is 1.52.